The van der Waals surface area contributed by atoms with Crippen molar-refractivity contribution in [2.24, 2.45) is 0 Å². The lowest BCUT2D eigenvalue weighted by Gasteiger charge is -2.08. The van der Waals surface area contributed by atoms with Crippen molar-refractivity contribution in [3.05, 3.63) is 64.5 Å². The molecule has 24 heavy (non-hydrogen) atoms. The third kappa shape index (κ3) is 4.13. The van der Waals surface area contributed by atoms with Crippen LogP contribution in [0.1, 0.15) is 5.56 Å². The number of halogens is 1. The van der Waals surface area contributed by atoms with Crippen molar-refractivity contribution in [1.82, 2.24) is 4.98 Å². The van der Waals surface area contributed by atoms with Gasteiger partial charge in [-0.2, -0.15) is 0 Å². The average Bonchev–Trinajstić information content (AvgIpc) is 3.03. The lowest BCUT2D eigenvalue weighted by molar-refractivity contribution is -0.118. The summed E-state index contributed by atoms with van der Waals surface area (Å²) in [4.78, 5) is 16.4. The predicted molar refractivity (Wildman–Crippen MR) is 97.9 cm³/mol. The highest BCUT2D eigenvalue weighted by molar-refractivity contribution is 7.14. The zero-order chi connectivity index (χ0) is 16.9. The van der Waals surface area contributed by atoms with Crippen molar-refractivity contribution in [2.45, 2.75) is 6.92 Å². The van der Waals surface area contributed by atoms with Crippen LogP contribution in [0.3, 0.4) is 0 Å². The topological polar surface area (TPSA) is 51.2 Å². The molecule has 0 radical (unpaired) electrons. The molecule has 1 amide bonds. The molecule has 1 heterocycles. The van der Waals surface area contributed by atoms with E-state index in [1.54, 1.807) is 0 Å². The van der Waals surface area contributed by atoms with Crippen LogP contribution in [-0.4, -0.2) is 17.5 Å². The van der Waals surface area contributed by atoms with E-state index in [1.165, 1.54) is 11.3 Å². The number of thiazole rings is 1. The molecule has 0 aliphatic rings. The predicted octanol–water partition coefficient (Wildman–Crippen LogP) is 4.79. The van der Waals surface area contributed by atoms with Gasteiger partial charge in [0, 0.05) is 16.0 Å². The number of carbonyl (C=O) groups is 1. The summed E-state index contributed by atoms with van der Waals surface area (Å²) in [7, 11) is 0. The van der Waals surface area contributed by atoms with E-state index in [0.29, 0.717) is 15.9 Å². The number of benzene rings is 2. The highest BCUT2D eigenvalue weighted by Gasteiger charge is 2.09. The Labute approximate surface area is 149 Å². The van der Waals surface area contributed by atoms with Gasteiger partial charge in [0.2, 0.25) is 0 Å². The SMILES string of the molecule is Cc1ccccc1OCC(=O)Nc1nc(-c2ccc(Cl)cc2)cs1. The highest BCUT2D eigenvalue weighted by atomic mass is 35.5. The summed E-state index contributed by atoms with van der Waals surface area (Å²) < 4.78 is 5.53. The van der Waals surface area contributed by atoms with Crippen LogP contribution in [0.15, 0.2) is 53.9 Å². The zero-order valence-electron chi connectivity index (χ0n) is 13.0. The average molecular weight is 359 g/mol. The van der Waals surface area contributed by atoms with Gasteiger partial charge in [-0.1, -0.05) is 41.9 Å². The Morgan fingerprint density at radius 3 is 2.71 bits per heavy atom. The minimum absolute atomic E-state index is 0.0548. The van der Waals surface area contributed by atoms with E-state index in [-0.39, 0.29) is 12.5 Å². The first kappa shape index (κ1) is 16.5. The van der Waals surface area contributed by atoms with Gasteiger partial charge in [0.1, 0.15) is 5.75 Å². The summed E-state index contributed by atoms with van der Waals surface area (Å²) in [6.45, 7) is 1.88. The molecule has 1 N–H and O–H groups in total. The number of amides is 1. The maximum absolute atomic E-state index is 12.0. The zero-order valence-corrected chi connectivity index (χ0v) is 14.5. The van der Waals surface area contributed by atoms with Gasteiger partial charge in [-0.15, -0.1) is 11.3 Å². The molecular weight excluding hydrogens is 344 g/mol. The molecule has 0 atom stereocenters. The number of aromatic nitrogens is 1. The number of rotatable bonds is 5. The highest BCUT2D eigenvalue weighted by Crippen LogP contribution is 2.26. The number of hydrogen-bond donors (Lipinski definition) is 1. The van der Waals surface area contributed by atoms with Crippen molar-refractivity contribution in [3.63, 3.8) is 0 Å². The van der Waals surface area contributed by atoms with Crippen molar-refractivity contribution in [3.8, 4) is 17.0 Å². The van der Waals surface area contributed by atoms with Gasteiger partial charge >= 0.3 is 0 Å². The third-order valence-corrected chi connectivity index (χ3v) is 4.35. The summed E-state index contributed by atoms with van der Waals surface area (Å²) in [6.07, 6.45) is 0. The van der Waals surface area contributed by atoms with Crippen molar-refractivity contribution in [1.29, 1.82) is 0 Å². The maximum atomic E-state index is 12.0. The van der Waals surface area contributed by atoms with Gasteiger partial charge in [-0.25, -0.2) is 4.98 Å². The number of nitrogens with zero attached hydrogens (tertiary/aromatic N) is 1. The fourth-order valence-electron chi connectivity index (χ4n) is 2.10. The summed E-state index contributed by atoms with van der Waals surface area (Å²) in [5, 5.41) is 5.86. The number of ether oxygens (including phenoxy) is 1. The van der Waals surface area contributed by atoms with Crippen LogP contribution in [-0.2, 0) is 4.79 Å². The van der Waals surface area contributed by atoms with Crippen molar-refractivity contribution in [2.75, 3.05) is 11.9 Å². The summed E-state index contributed by atoms with van der Waals surface area (Å²) >= 11 is 7.25. The Bertz CT molecular complexity index is 846. The van der Waals surface area contributed by atoms with E-state index >= 15 is 0 Å². The summed E-state index contributed by atoms with van der Waals surface area (Å²) in [5.74, 6) is 0.462. The fraction of sp³-hybridized carbons (Fsp3) is 0.111. The smallest absolute Gasteiger partial charge is 0.264 e. The third-order valence-electron chi connectivity index (χ3n) is 3.34. The lowest BCUT2D eigenvalue weighted by atomic mass is 10.2. The van der Waals surface area contributed by atoms with Gasteiger partial charge in [0.05, 0.1) is 5.69 Å². The molecule has 0 aliphatic carbocycles. The van der Waals surface area contributed by atoms with Gasteiger partial charge < -0.3 is 4.74 Å². The van der Waals surface area contributed by atoms with Gasteiger partial charge in [-0.05, 0) is 30.7 Å². The van der Waals surface area contributed by atoms with Crippen molar-refractivity contribution < 1.29 is 9.53 Å². The van der Waals surface area contributed by atoms with E-state index in [9.17, 15) is 4.79 Å². The lowest BCUT2D eigenvalue weighted by Crippen LogP contribution is -2.20. The van der Waals surface area contributed by atoms with E-state index < -0.39 is 0 Å². The number of hydrogen-bond acceptors (Lipinski definition) is 4. The van der Waals surface area contributed by atoms with Crippen LogP contribution in [0.25, 0.3) is 11.3 Å². The molecule has 0 fully saturated rings. The van der Waals surface area contributed by atoms with Crippen LogP contribution < -0.4 is 10.1 Å². The number of nitrogens with one attached hydrogen (secondary N) is 1. The molecule has 3 rings (SSSR count). The Balaban J connectivity index is 1.59. The molecule has 0 saturated heterocycles. The Morgan fingerprint density at radius 1 is 1.21 bits per heavy atom. The molecular formula is C18H15ClN2O2S. The van der Waals surface area contributed by atoms with Crippen LogP contribution in [0.4, 0.5) is 5.13 Å². The largest absolute Gasteiger partial charge is 0.483 e. The van der Waals surface area contributed by atoms with E-state index in [2.05, 4.69) is 10.3 Å². The molecule has 0 aliphatic heterocycles. The second-order valence-corrected chi connectivity index (χ2v) is 6.44. The molecule has 3 aromatic rings. The quantitative estimate of drug-likeness (QED) is 0.713. The van der Waals surface area contributed by atoms with Gasteiger partial charge in [0.25, 0.3) is 5.91 Å². The second-order valence-electron chi connectivity index (χ2n) is 5.15. The van der Waals surface area contributed by atoms with E-state index in [4.69, 9.17) is 16.3 Å². The first-order chi connectivity index (χ1) is 11.6. The molecule has 0 spiro atoms. The Hall–Kier alpha value is -2.37. The fourth-order valence-corrected chi connectivity index (χ4v) is 2.96. The minimum Gasteiger partial charge on any atom is -0.483 e. The molecule has 0 bridgehead atoms. The minimum atomic E-state index is -0.241. The molecule has 4 nitrogen and oxygen atoms in total. The van der Waals surface area contributed by atoms with Gasteiger partial charge in [0.15, 0.2) is 11.7 Å². The molecule has 2 aromatic carbocycles. The van der Waals surface area contributed by atoms with Gasteiger partial charge in [-0.3, -0.25) is 10.1 Å². The molecule has 6 heteroatoms. The number of carbonyl (C=O) groups excluding carboxylic acids is 1. The Kier molecular flexibility index (Phi) is 5.13. The monoisotopic (exact) mass is 358 g/mol. The summed E-state index contributed by atoms with van der Waals surface area (Å²) in [5.41, 5.74) is 2.74. The molecule has 122 valence electrons. The molecule has 0 unspecified atom stereocenters. The molecule has 1 aromatic heterocycles. The molecule has 0 saturated carbocycles. The Morgan fingerprint density at radius 2 is 1.96 bits per heavy atom. The number of aryl methyl sites for hydroxylation is 1. The maximum Gasteiger partial charge on any atom is 0.264 e. The van der Waals surface area contributed by atoms with E-state index in [0.717, 1.165) is 16.8 Å². The number of anilines is 1. The van der Waals surface area contributed by atoms with Crippen LogP contribution in [0, 0.1) is 6.92 Å². The second kappa shape index (κ2) is 7.47. The van der Waals surface area contributed by atoms with Crippen LogP contribution in [0.2, 0.25) is 5.02 Å². The first-order valence-electron chi connectivity index (χ1n) is 7.31. The van der Waals surface area contributed by atoms with Crippen molar-refractivity contribution >= 4 is 34.0 Å². The van der Waals surface area contributed by atoms with Crippen LogP contribution >= 0.6 is 22.9 Å². The van der Waals surface area contributed by atoms with Crippen LogP contribution in [0.5, 0.6) is 5.75 Å². The number of para-hydroxylation sites is 1. The normalized spacial score (nSPS) is 10.4. The standard InChI is InChI=1S/C18H15ClN2O2S/c1-12-4-2-3-5-16(12)23-10-17(22)21-18-20-15(11-24-18)13-6-8-14(19)9-7-13/h2-9,11H,10H2,1H3,(H,20,21,22). The first-order valence-corrected chi connectivity index (χ1v) is 8.57. The summed E-state index contributed by atoms with van der Waals surface area (Å²) in [6, 6.07) is 15.0. The van der Waals surface area contributed by atoms with E-state index in [1.807, 2.05) is 60.8 Å².